The van der Waals surface area contributed by atoms with Gasteiger partial charge in [0, 0.05) is 18.8 Å². The molecule has 0 aliphatic carbocycles. The molecule has 2 rings (SSSR count). The number of anilines is 1. The van der Waals surface area contributed by atoms with Gasteiger partial charge >= 0.3 is 12.1 Å². The van der Waals surface area contributed by atoms with Crippen LogP contribution in [0.2, 0.25) is 0 Å². The molecular formula is C18H24F3N3O3S. The van der Waals surface area contributed by atoms with Crippen molar-refractivity contribution in [3.05, 3.63) is 29.8 Å². The van der Waals surface area contributed by atoms with Crippen LogP contribution in [0.1, 0.15) is 32.4 Å². The lowest BCUT2D eigenvalue weighted by molar-refractivity contribution is -0.292. The lowest BCUT2D eigenvalue weighted by Crippen LogP contribution is -2.73. The van der Waals surface area contributed by atoms with Crippen molar-refractivity contribution in [2.24, 2.45) is 5.92 Å². The van der Waals surface area contributed by atoms with E-state index in [4.69, 9.17) is 17.0 Å². The molecule has 6 nitrogen and oxygen atoms in total. The van der Waals surface area contributed by atoms with Gasteiger partial charge < -0.3 is 25.4 Å². The molecule has 1 aromatic rings. The van der Waals surface area contributed by atoms with E-state index in [1.54, 1.807) is 24.3 Å². The highest BCUT2D eigenvalue weighted by molar-refractivity contribution is 7.80. The number of nitrogens with one attached hydrogen (secondary N) is 2. The van der Waals surface area contributed by atoms with Gasteiger partial charge in [-0.15, -0.1) is 0 Å². The molecule has 1 heterocycles. The van der Waals surface area contributed by atoms with Gasteiger partial charge in [0.2, 0.25) is 0 Å². The lowest BCUT2D eigenvalue weighted by atomic mass is 9.82. The Bertz CT molecular complexity index is 710. The van der Waals surface area contributed by atoms with Gasteiger partial charge in [0.15, 0.2) is 5.11 Å². The van der Waals surface area contributed by atoms with E-state index in [2.05, 4.69) is 10.2 Å². The summed E-state index contributed by atoms with van der Waals surface area (Å²) in [5.74, 6) is -3.17. The molecule has 1 aliphatic heterocycles. The van der Waals surface area contributed by atoms with Crippen molar-refractivity contribution in [2.75, 3.05) is 24.6 Å². The molecule has 0 amide bonds. The van der Waals surface area contributed by atoms with Gasteiger partial charge in [-0.1, -0.05) is 12.1 Å². The highest BCUT2D eigenvalue weighted by Gasteiger charge is 2.66. The second-order valence-corrected chi connectivity index (χ2v) is 6.74. The monoisotopic (exact) mass is 419 g/mol. The van der Waals surface area contributed by atoms with E-state index in [-0.39, 0.29) is 6.61 Å². The molecule has 28 heavy (non-hydrogen) atoms. The molecular weight excluding hydrogens is 395 g/mol. The second-order valence-electron chi connectivity index (χ2n) is 6.33. The number of nitrogens with zero attached hydrogens (tertiary/aromatic N) is 1. The molecule has 1 aliphatic rings. The van der Waals surface area contributed by atoms with Gasteiger partial charge in [-0.25, -0.2) is 0 Å². The van der Waals surface area contributed by atoms with E-state index in [1.807, 2.05) is 19.2 Å². The minimum absolute atomic E-state index is 0.124. The predicted molar refractivity (Wildman–Crippen MR) is 103 cm³/mol. The van der Waals surface area contributed by atoms with Crippen molar-refractivity contribution in [3.8, 4) is 0 Å². The third kappa shape index (κ3) is 4.17. The van der Waals surface area contributed by atoms with Gasteiger partial charge in [-0.3, -0.25) is 4.79 Å². The molecule has 3 atom stereocenters. The van der Waals surface area contributed by atoms with Crippen LogP contribution in [-0.2, 0) is 9.53 Å². The SMILES string of the molecule is CCOC(=O)[C@@H]1[C@@H](c2ccc(N(CC)CC)cc2)NC(=S)N[C@@]1(O)C(F)(F)F. The topological polar surface area (TPSA) is 73.8 Å². The van der Waals surface area contributed by atoms with Gasteiger partial charge in [0.1, 0.15) is 5.92 Å². The first-order valence-electron chi connectivity index (χ1n) is 8.98. The molecule has 156 valence electrons. The maximum atomic E-state index is 13.7. The Morgan fingerprint density at radius 1 is 1.25 bits per heavy atom. The van der Waals surface area contributed by atoms with Gasteiger partial charge in [-0.05, 0) is 50.7 Å². The van der Waals surface area contributed by atoms with E-state index in [0.29, 0.717) is 5.56 Å². The van der Waals surface area contributed by atoms with Crippen molar-refractivity contribution in [2.45, 2.75) is 38.7 Å². The van der Waals surface area contributed by atoms with Crippen molar-refractivity contribution in [1.82, 2.24) is 10.6 Å². The zero-order chi connectivity index (χ0) is 21.1. The Hall–Kier alpha value is -2.07. The van der Waals surface area contributed by atoms with Crippen molar-refractivity contribution in [1.29, 1.82) is 0 Å². The smallest absolute Gasteiger partial charge is 0.437 e. The van der Waals surface area contributed by atoms with E-state index in [1.165, 1.54) is 6.92 Å². The van der Waals surface area contributed by atoms with Crippen LogP contribution >= 0.6 is 12.2 Å². The highest BCUT2D eigenvalue weighted by Crippen LogP contribution is 2.43. The Morgan fingerprint density at radius 3 is 2.29 bits per heavy atom. The van der Waals surface area contributed by atoms with Crippen LogP contribution in [0.15, 0.2) is 24.3 Å². The fourth-order valence-corrected chi connectivity index (χ4v) is 3.58. The number of ether oxygens (including phenoxy) is 1. The molecule has 1 fully saturated rings. The first kappa shape index (κ1) is 22.2. The molecule has 0 spiro atoms. The maximum Gasteiger partial charge on any atom is 0.437 e. The number of rotatable bonds is 6. The van der Waals surface area contributed by atoms with Crippen LogP contribution in [0, 0.1) is 5.92 Å². The maximum absolute atomic E-state index is 13.7. The number of aliphatic hydroxyl groups is 1. The van der Waals surface area contributed by atoms with E-state index >= 15 is 0 Å². The number of esters is 1. The molecule has 0 unspecified atom stereocenters. The van der Waals surface area contributed by atoms with Crippen LogP contribution in [0.5, 0.6) is 0 Å². The Labute approximate surface area is 167 Å². The molecule has 0 radical (unpaired) electrons. The van der Waals surface area contributed by atoms with Crippen molar-refractivity contribution >= 4 is 29.0 Å². The lowest BCUT2D eigenvalue weighted by Gasteiger charge is -2.45. The first-order valence-corrected chi connectivity index (χ1v) is 9.39. The normalized spacial score (nSPS) is 24.9. The number of hydrogen-bond acceptors (Lipinski definition) is 5. The Kier molecular flexibility index (Phi) is 6.76. The Morgan fingerprint density at radius 2 is 1.82 bits per heavy atom. The average Bonchev–Trinajstić information content (AvgIpc) is 2.62. The van der Waals surface area contributed by atoms with Crippen LogP contribution < -0.4 is 15.5 Å². The van der Waals surface area contributed by atoms with Crippen LogP contribution in [-0.4, -0.2) is 47.8 Å². The number of carbonyl (C=O) groups excluding carboxylic acids is 1. The number of carbonyl (C=O) groups is 1. The van der Waals surface area contributed by atoms with Gasteiger partial charge in [-0.2, -0.15) is 13.2 Å². The van der Waals surface area contributed by atoms with Gasteiger partial charge in [0.05, 0.1) is 12.6 Å². The summed E-state index contributed by atoms with van der Waals surface area (Å²) in [5.41, 5.74) is -2.28. The number of halogens is 3. The summed E-state index contributed by atoms with van der Waals surface area (Å²) in [6.45, 7) is 6.87. The van der Waals surface area contributed by atoms with E-state index < -0.39 is 34.9 Å². The molecule has 0 aromatic heterocycles. The minimum atomic E-state index is -5.16. The van der Waals surface area contributed by atoms with Crippen LogP contribution in [0.25, 0.3) is 0 Å². The van der Waals surface area contributed by atoms with E-state index in [0.717, 1.165) is 18.8 Å². The minimum Gasteiger partial charge on any atom is -0.466 e. The zero-order valence-electron chi connectivity index (χ0n) is 15.8. The van der Waals surface area contributed by atoms with E-state index in [9.17, 15) is 23.1 Å². The third-order valence-electron chi connectivity index (χ3n) is 4.73. The summed E-state index contributed by atoms with van der Waals surface area (Å²) in [5, 5.41) is 14.5. The quantitative estimate of drug-likeness (QED) is 0.483. The first-order chi connectivity index (χ1) is 13.1. The summed E-state index contributed by atoms with van der Waals surface area (Å²) in [7, 11) is 0. The number of alkyl halides is 3. The zero-order valence-corrected chi connectivity index (χ0v) is 16.7. The second kappa shape index (κ2) is 8.52. The van der Waals surface area contributed by atoms with Gasteiger partial charge in [0.25, 0.3) is 5.72 Å². The molecule has 1 saturated heterocycles. The Balaban J connectivity index is 2.49. The van der Waals surface area contributed by atoms with Crippen molar-refractivity contribution < 1.29 is 27.8 Å². The molecule has 3 N–H and O–H groups in total. The summed E-state index contributed by atoms with van der Waals surface area (Å²) >= 11 is 4.87. The fourth-order valence-electron chi connectivity index (χ4n) is 3.30. The van der Waals surface area contributed by atoms with Crippen molar-refractivity contribution in [3.63, 3.8) is 0 Å². The molecule has 0 saturated carbocycles. The molecule has 1 aromatic carbocycles. The number of thiocarbonyl (C=S) groups is 1. The average molecular weight is 419 g/mol. The summed E-state index contributed by atoms with van der Waals surface area (Å²) in [6.07, 6.45) is -5.16. The summed E-state index contributed by atoms with van der Waals surface area (Å²) < 4.78 is 45.9. The standard InChI is InChI=1S/C18H24F3N3O3S/c1-4-24(5-2)12-9-7-11(8-10-12)14-13(15(25)27-6-3)17(26,18(19,20)21)23-16(28)22-14/h7-10,13-14,26H,4-6H2,1-3H3,(H2,22,23,28)/t13-,14+,17-/m0/s1. The fraction of sp³-hybridized carbons (Fsp3) is 0.556. The highest BCUT2D eigenvalue weighted by atomic mass is 32.1. The summed E-state index contributed by atoms with van der Waals surface area (Å²) in [4.78, 5) is 14.5. The van der Waals surface area contributed by atoms with Crippen LogP contribution in [0.4, 0.5) is 18.9 Å². The van der Waals surface area contributed by atoms with Crippen LogP contribution in [0.3, 0.4) is 0 Å². The number of benzene rings is 1. The molecule has 10 heteroatoms. The number of hydrogen-bond donors (Lipinski definition) is 3. The molecule has 0 bridgehead atoms. The summed E-state index contributed by atoms with van der Waals surface area (Å²) in [6, 6.07) is 5.52. The third-order valence-corrected chi connectivity index (χ3v) is 4.95. The largest absolute Gasteiger partial charge is 0.466 e. The predicted octanol–water partition coefficient (Wildman–Crippen LogP) is 2.48.